The number of nitrogen functional groups attached to an aromatic ring is 1. The number of aromatic nitrogens is 3. The molecule has 0 unspecified atom stereocenters. The van der Waals surface area contributed by atoms with E-state index in [2.05, 4.69) is 17.0 Å². The third-order valence-corrected chi connectivity index (χ3v) is 2.90. The van der Waals surface area contributed by atoms with Crippen LogP contribution in [-0.4, -0.2) is 14.8 Å². The van der Waals surface area contributed by atoms with Crippen LogP contribution in [0.15, 0.2) is 12.1 Å². The molecular formula is C12H16N4. The Balaban J connectivity index is 2.67. The van der Waals surface area contributed by atoms with Crippen LogP contribution in [0.1, 0.15) is 22.6 Å². The van der Waals surface area contributed by atoms with Gasteiger partial charge in [0.25, 0.3) is 0 Å². The topological polar surface area (TPSA) is 56.7 Å². The van der Waals surface area contributed by atoms with Gasteiger partial charge in [0.2, 0.25) is 0 Å². The van der Waals surface area contributed by atoms with Gasteiger partial charge in [0, 0.05) is 11.4 Å². The van der Waals surface area contributed by atoms with E-state index in [0.29, 0.717) is 11.5 Å². The highest BCUT2D eigenvalue weighted by Crippen LogP contribution is 2.19. The van der Waals surface area contributed by atoms with Gasteiger partial charge in [-0.1, -0.05) is 0 Å². The molecule has 84 valence electrons. The van der Waals surface area contributed by atoms with E-state index in [9.17, 15) is 0 Å². The number of nitrogens with zero attached hydrogens (tertiary/aromatic N) is 3. The summed E-state index contributed by atoms with van der Waals surface area (Å²) in [5.74, 6) is 0.716. The van der Waals surface area contributed by atoms with Gasteiger partial charge in [-0.2, -0.15) is 5.10 Å². The molecule has 16 heavy (non-hydrogen) atoms. The molecule has 0 aromatic carbocycles. The maximum Gasteiger partial charge on any atom is 0.177 e. The van der Waals surface area contributed by atoms with E-state index in [1.807, 2.05) is 37.6 Å². The van der Waals surface area contributed by atoms with E-state index in [4.69, 9.17) is 5.73 Å². The molecule has 4 nitrogen and oxygen atoms in total. The maximum atomic E-state index is 5.93. The molecule has 0 aliphatic carbocycles. The summed E-state index contributed by atoms with van der Waals surface area (Å²) in [4.78, 5) is 4.43. The summed E-state index contributed by atoms with van der Waals surface area (Å²) in [6.07, 6.45) is 0. The molecule has 2 rings (SSSR count). The molecule has 2 N–H and O–H groups in total. The Hall–Kier alpha value is -1.84. The minimum absolute atomic E-state index is 0.649. The molecule has 0 fully saturated rings. The fourth-order valence-corrected chi connectivity index (χ4v) is 1.65. The maximum absolute atomic E-state index is 5.93. The summed E-state index contributed by atoms with van der Waals surface area (Å²) in [6, 6.07) is 3.76. The summed E-state index contributed by atoms with van der Waals surface area (Å²) in [7, 11) is 0. The van der Waals surface area contributed by atoms with Crippen molar-refractivity contribution in [2.45, 2.75) is 27.7 Å². The van der Waals surface area contributed by atoms with Crippen LogP contribution in [0, 0.1) is 27.7 Å². The zero-order valence-corrected chi connectivity index (χ0v) is 10.1. The van der Waals surface area contributed by atoms with Crippen LogP contribution in [0.3, 0.4) is 0 Å². The Bertz CT molecular complexity index is 540. The van der Waals surface area contributed by atoms with Crippen LogP contribution < -0.4 is 5.73 Å². The average molecular weight is 216 g/mol. The van der Waals surface area contributed by atoms with Crippen molar-refractivity contribution < 1.29 is 0 Å². The number of hydrogen-bond acceptors (Lipinski definition) is 3. The summed E-state index contributed by atoms with van der Waals surface area (Å²) >= 11 is 0. The van der Waals surface area contributed by atoms with Crippen LogP contribution in [-0.2, 0) is 0 Å². The number of aryl methyl sites for hydroxylation is 2. The molecule has 0 spiro atoms. The first-order chi connectivity index (χ1) is 7.50. The van der Waals surface area contributed by atoms with Crippen LogP contribution in [0.5, 0.6) is 0 Å². The molecule has 0 saturated heterocycles. The van der Waals surface area contributed by atoms with Crippen molar-refractivity contribution in [1.29, 1.82) is 0 Å². The second-order valence-electron chi connectivity index (χ2n) is 4.07. The lowest BCUT2D eigenvalue weighted by Crippen LogP contribution is -2.07. The number of hydrogen-bond donors (Lipinski definition) is 1. The Morgan fingerprint density at radius 3 is 2.38 bits per heavy atom. The monoisotopic (exact) mass is 216 g/mol. The first-order valence-electron chi connectivity index (χ1n) is 5.27. The second-order valence-corrected chi connectivity index (χ2v) is 4.07. The van der Waals surface area contributed by atoms with Gasteiger partial charge in [-0.3, -0.25) is 0 Å². The minimum atomic E-state index is 0.649. The van der Waals surface area contributed by atoms with Gasteiger partial charge in [-0.05, 0) is 45.4 Å². The smallest absolute Gasteiger partial charge is 0.177 e. The molecule has 0 amide bonds. The third-order valence-electron chi connectivity index (χ3n) is 2.90. The van der Waals surface area contributed by atoms with Crippen LogP contribution in [0.4, 0.5) is 5.69 Å². The molecule has 0 aliphatic rings. The van der Waals surface area contributed by atoms with Crippen molar-refractivity contribution in [3.8, 4) is 5.82 Å². The van der Waals surface area contributed by atoms with Gasteiger partial charge >= 0.3 is 0 Å². The average Bonchev–Trinajstić information content (AvgIpc) is 2.50. The molecule has 2 aromatic heterocycles. The van der Waals surface area contributed by atoms with E-state index >= 15 is 0 Å². The minimum Gasteiger partial charge on any atom is -0.396 e. The van der Waals surface area contributed by atoms with E-state index in [0.717, 1.165) is 17.1 Å². The van der Waals surface area contributed by atoms with Crippen molar-refractivity contribution in [2.24, 2.45) is 0 Å². The highest BCUT2D eigenvalue weighted by Gasteiger charge is 2.12. The molecule has 0 atom stereocenters. The molecule has 0 aliphatic heterocycles. The number of anilines is 1. The normalized spacial score (nSPS) is 10.8. The molecule has 0 bridgehead atoms. The largest absolute Gasteiger partial charge is 0.396 e. The van der Waals surface area contributed by atoms with Gasteiger partial charge in [0.05, 0.1) is 11.4 Å². The van der Waals surface area contributed by atoms with E-state index in [1.165, 1.54) is 5.56 Å². The lowest BCUT2D eigenvalue weighted by molar-refractivity contribution is 0.804. The first-order valence-corrected chi connectivity index (χ1v) is 5.27. The molecule has 0 radical (unpaired) electrons. The first kappa shape index (κ1) is 10.7. The molecule has 0 saturated carbocycles. The van der Waals surface area contributed by atoms with Crippen molar-refractivity contribution in [3.05, 3.63) is 34.8 Å². The molecule has 4 heteroatoms. The SMILES string of the molecule is Cc1ccc(N)c(-n2nc(C)c(C)c2C)n1. The highest BCUT2D eigenvalue weighted by atomic mass is 15.3. The second kappa shape index (κ2) is 3.63. The summed E-state index contributed by atoms with van der Waals surface area (Å²) in [5, 5.41) is 4.46. The van der Waals surface area contributed by atoms with Gasteiger partial charge in [0.15, 0.2) is 5.82 Å². The van der Waals surface area contributed by atoms with E-state index in [1.54, 1.807) is 0 Å². The predicted molar refractivity (Wildman–Crippen MR) is 64.7 cm³/mol. The molecule has 2 aromatic rings. The van der Waals surface area contributed by atoms with Gasteiger partial charge in [0.1, 0.15) is 0 Å². The van der Waals surface area contributed by atoms with Crippen molar-refractivity contribution in [3.63, 3.8) is 0 Å². The lowest BCUT2D eigenvalue weighted by atomic mass is 10.2. The van der Waals surface area contributed by atoms with Crippen molar-refractivity contribution in [2.75, 3.05) is 5.73 Å². The summed E-state index contributed by atoms with van der Waals surface area (Å²) in [6.45, 7) is 8.02. The Kier molecular flexibility index (Phi) is 2.42. The Labute approximate surface area is 95.1 Å². The molecule has 2 heterocycles. The van der Waals surface area contributed by atoms with E-state index in [-0.39, 0.29) is 0 Å². The standard InChI is InChI=1S/C12H16N4/c1-7-5-6-11(13)12(14-7)16-10(4)8(2)9(3)15-16/h5-6H,13H2,1-4H3. The third kappa shape index (κ3) is 1.56. The molecular weight excluding hydrogens is 200 g/mol. The highest BCUT2D eigenvalue weighted by molar-refractivity contribution is 5.54. The number of pyridine rings is 1. The van der Waals surface area contributed by atoms with Crippen molar-refractivity contribution >= 4 is 5.69 Å². The number of nitrogens with two attached hydrogens (primary N) is 1. The quantitative estimate of drug-likeness (QED) is 0.794. The Morgan fingerprint density at radius 1 is 1.12 bits per heavy atom. The van der Waals surface area contributed by atoms with Gasteiger partial charge < -0.3 is 5.73 Å². The summed E-state index contributed by atoms with van der Waals surface area (Å²) in [5.41, 5.74) is 10.8. The number of rotatable bonds is 1. The lowest BCUT2D eigenvalue weighted by Gasteiger charge is -2.07. The fraction of sp³-hybridized carbons (Fsp3) is 0.333. The van der Waals surface area contributed by atoms with Crippen molar-refractivity contribution in [1.82, 2.24) is 14.8 Å². The van der Waals surface area contributed by atoms with Crippen LogP contribution >= 0.6 is 0 Å². The predicted octanol–water partition coefficient (Wildman–Crippen LogP) is 2.08. The van der Waals surface area contributed by atoms with E-state index < -0.39 is 0 Å². The van der Waals surface area contributed by atoms with Crippen LogP contribution in [0.2, 0.25) is 0 Å². The summed E-state index contributed by atoms with van der Waals surface area (Å²) < 4.78 is 1.81. The zero-order chi connectivity index (χ0) is 11.9. The van der Waals surface area contributed by atoms with Gasteiger partial charge in [-0.15, -0.1) is 0 Å². The Morgan fingerprint density at radius 2 is 1.81 bits per heavy atom. The fourth-order valence-electron chi connectivity index (χ4n) is 1.65. The van der Waals surface area contributed by atoms with Gasteiger partial charge in [-0.25, -0.2) is 9.67 Å². The van der Waals surface area contributed by atoms with Crippen LogP contribution in [0.25, 0.3) is 5.82 Å². The zero-order valence-electron chi connectivity index (χ0n) is 10.1.